The number of carbonyl (C=O) groups is 2. The summed E-state index contributed by atoms with van der Waals surface area (Å²) < 4.78 is 33.4. The summed E-state index contributed by atoms with van der Waals surface area (Å²) >= 11 is 0.991. The fourth-order valence-corrected chi connectivity index (χ4v) is 3.16. The number of thioether (sulfide) groups is 1. The number of ether oxygens (including phenoxy) is 1. The van der Waals surface area contributed by atoms with Crippen LogP contribution in [-0.2, 0) is 14.3 Å². The third-order valence-corrected chi connectivity index (χ3v) is 4.73. The van der Waals surface area contributed by atoms with Crippen molar-refractivity contribution in [1.82, 2.24) is 0 Å². The van der Waals surface area contributed by atoms with Gasteiger partial charge >= 0.3 is 5.97 Å². The molecule has 1 atom stereocenters. The lowest BCUT2D eigenvalue weighted by Gasteiger charge is -2.17. The van der Waals surface area contributed by atoms with Crippen molar-refractivity contribution in [2.75, 3.05) is 11.9 Å². The zero-order valence-corrected chi connectivity index (χ0v) is 16.7. The zero-order chi connectivity index (χ0) is 19.9. The molecule has 0 bridgehead atoms. The maximum atomic E-state index is 14.2. The van der Waals surface area contributed by atoms with E-state index in [1.165, 1.54) is 6.07 Å². The van der Waals surface area contributed by atoms with E-state index in [9.17, 15) is 18.4 Å². The van der Waals surface area contributed by atoms with Crippen molar-refractivity contribution >= 4 is 29.3 Å². The molecule has 146 valence electrons. The Labute approximate surface area is 158 Å². The standard InChI is InChI=1S/C19H27F2NO3S/c1-6-7-16(19(24)25-10-11(2)3)26-17-9-15(13(20)8-14(17)21)22-18(23)12(4)5/h8-9,11-12,16H,6-7,10H2,1-5H3,(H,22,23). The van der Waals surface area contributed by atoms with Gasteiger partial charge in [-0.15, -0.1) is 11.8 Å². The quantitative estimate of drug-likeness (QED) is 0.477. The molecule has 0 spiro atoms. The van der Waals surface area contributed by atoms with E-state index in [1.54, 1.807) is 13.8 Å². The van der Waals surface area contributed by atoms with Crippen molar-refractivity contribution < 1.29 is 23.1 Å². The third-order valence-electron chi connectivity index (χ3n) is 3.45. The van der Waals surface area contributed by atoms with Crippen LogP contribution >= 0.6 is 11.8 Å². The van der Waals surface area contributed by atoms with Crippen LogP contribution in [0, 0.1) is 23.5 Å². The molecule has 0 heterocycles. The van der Waals surface area contributed by atoms with Crippen LogP contribution in [0.25, 0.3) is 0 Å². The second-order valence-electron chi connectivity index (χ2n) is 6.83. The van der Waals surface area contributed by atoms with Gasteiger partial charge in [-0.05, 0) is 18.4 Å². The number of hydrogen-bond acceptors (Lipinski definition) is 4. The number of esters is 1. The third kappa shape index (κ3) is 6.94. The molecule has 1 aromatic carbocycles. The highest BCUT2D eigenvalue weighted by Gasteiger charge is 2.24. The molecule has 4 nitrogen and oxygen atoms in total. The Hall–Kier alpha value is -1.63. The maximum Gasteiger partial charge on any atom is 0.319 e. The summed E-state index contributed by atoms with van der Waals surface area (Å²) in [7, 11) is 0. The number of halogens is 2. The van der Waals surface area contributed by atoms with Crippen LogP contribution in [-0.4, -0.2) is 23.7 Å². The lowest BCUT2D eigenvalue weighted by atomic mass is 10.2. The van der Waals surface area contributed by atoms with E-state index in [-0.39, 0.29) is 28.3 Å². The average molecular weight is 387 g/mol. The van der Waals surface area contributed by atoms with Crippen LogP contribution < -0.4 is 5.32 Å². The molecule has 0 saturated carbocycles. The lowest BCUT2D eigenvalue weighted by Crippen LogP contribution is -2.22. The SMILES string of the molecule is CCCC(Sc1cc(NC(=O)C(C)C)c(F)cc1F)C(=O)OCC(C)C. The van der Waals surface area contributed by atoms with Gasteiger partial charge in [0.2, 0.25) is 5.91 Å². The first-order chi connectivity index (χ1) is 12.1. The topological polar surface area (TPSA) is 55.4 Å². The van der Waals surface area contributed by atoms with Gasteiger partial charge < -0.3 is 10.1 Å². The summed E-state index contributed by atoms with van der Waals surface area (Å²) in [6.45, 7) is 9.42. The number of amides is 1. The Balaban J connectivity index is 3.00. The summed E-state index contributed by atoms with van der Waals surface area (Å²) in [5, 5.41) is 1.85. The highest BCUT2D eigenvalue weighted by atomic mass is 32.2. The van der Waals surface area contributed by atoms with Crippen molar-refractivity contribution in [3.8, 4) is 0 Å². The number of anilines is 1. The van der Waals surface area contributed by atoms with E-state index < -0.39 is 22.9 Å². The molecule has 0 saturated heterocycles. The predicted molar refractivity (Wildman–Crippen MR) is 100 cm³/mol. The number of carbonyl (C=O) groups excluding carboxylic acids is 2. The number of nitrogens with one attached hydrogen (secondary N) is 1. The molecule has 1 amide bonds. The normalized spacial score (nSPS) is 12.3. The van der Waals surface area contributed by atoms with E-state index in [1.807, 2.05) is 20.8 Å². The zero-order valence-electron chi connectivity index (χ0n) is 15.9. The van der Waals surface area contributed by atoms with Crippen LogP contribution in [0.2, 0.25) is 0 Å². The molecule has 0 aliphatic heterocycles. The summed E-state index contributed by atoms with van der Waals surface area (Å²) in [5.74, 6) is -2.54. The minimum Gasteiger partial charge on any atom is -0.465 e. The minimum absolute atomic E-state index is 0.0987. The van der Waals surface area contributed by atoms with Gasteiger partial charge in [-0.2, -0.15) is 0 Å². The summed E-state index contributed by atoms with van der Waals surface area (Å²) in [6, 6.07) is 1.95. The molecule has 1 unspecified atom stereocenters. The van der Waals surface area contributed by atoms with Crippen LogP contribution in [0.5, 0.6) is 0 Å². The summed E-state index contributed by atoms with van der Waals surface area (Å²) in [6.07, 6.45) is 1.22. The van der Waals surface area contributed by atoms with Crippen LogP contribution in [0.4, 0.5) is 14.5 Å². The molecule has 0 aliphatic rings. The molecule has 0 aliphatic carbocycles. The molecular weight excluding hydrogens is 360 g/mol. The smallest absolute Gasteiger partial charge is 0.319 e. The minimum atomic E-state index is -0.852. The van der Waals surface area contributed by atoms with E-state index in [2.05, 4.69) is 5.32 Å². The van der Waals surface area contributed by atoms with E-state index in [4.69, 9.17) is 4.74 Å². The van der Waals surface area contributed by atoms with Crippen LogP contribution in [0.1, 0.15) is 47.5 Å². The molecule has 7 heteroatoms. The van der Waals surface area contributed by atoms with Gasteiger partial charge in [0.1, 0.15) is 16.9 Å². The van der Waals surface area contributed by atoms with Crippen molar-refractivity contribution in [3.63, 3.8) is 0 Å². The Bertz CT molecular complexity index is 635. The Morgan fingerprint density at radius 1 is 1.15 bits per heavy atom. The lowest BCUT2D eigenvalue weighted by molar-refractivity contribution is -0.144. The predicted octanol–water partition coefficient (Wildman–Crippen LogP) is 5.02. The van der Waals surface area contributed by atoms with Crippen LogP contribution in [0.15, 0.2) is 17.0 Å². The average Bonchev–Trinajstić information content (AvgIpc) is 2.55. The van der Waals surface area contributed by atoms with E-state index in [0.29, 0.717) is 19.4 Å². The first-order valence-corrected chi connectivity index (χ1v) is 9.66. The highest BCUT2D eigenvalue weighted by molar-refractivity contribution is 8.00. The largest absolute Gasteiger partial charge is 0.465 e. The fraction of sp³-hybridized carbons (Fsp3) is 0.579. The van der Waals surface area contributed by atoms with Crippen molar-refractivity contribution in [2.45, 2.75) is 57.6 Å². The van der Waals surface area contributed by atoms with Gasteiger partial charge in [-0.1, -0.05) is 41.0 Å². The number of benzene rings is 1. The first-order valence-electron chi connectivity index (χ1n) is 8.78. The molecule has 1 aromatic rings. The highest BCUT2D eigenvalue weighted by Crippen LogP contribution is 2.33. The summed E-state index contributed by atoms with van der Waals surface area (Å²) in [5.41, 5.74) is -0.0987. The van der Waals surface area contributed by atoms with Gasteiger partial charge in [0, 0.05) is 16.9 Å². The molecule has 0 radical (unpaired) electrons. The molecular formula is C19H27F2NO3S. The van der Waals surface area contributed by atoms with Gasteiger partial charge in [0.05, 0.1) is 12.3 Å². The van der Waals surface area contributed by atoms with Crippen LogP contribution in [0.3, 0.4) is 0 Å². The Morgan fingerprint density at radius 3 is 2.35 bits per heavy atom. The molecule has 0 aromatic heterocycles. The summed E-state index contributed by atoms with van der Waals surface area (Å²) in [4.78, 5) is 24.2. The first kappa shape index (κ1) is 22.4. The Kier molecular flexibility index (Phi) is 9.05. The molecule has 1 N–H and O–H groups in total. The molecule has 1 rings (SSSR count). The van der Waals surface area contributed by atoms with Gasteiger partial charge in [0.25, 0.3) is 0 Å². The van der Waals surface area contributed by atoms with Crippen molar-refractivity contribution in [3.05, 3.63) is 23.8 Å². The van der Waals surface area contributed by atoms with Gasteiger partial charge in [-0.3, -0.25) is 9.59 Å². The number of hydrogen-bond donors (Lipinski definition) is 1. The molecule has 0 fully saturated rings. The van der Waals surface area contributed by atoms with E-state index in [0.717, 1.165) is 17.8 Å². The second kappa shape index (κ2) is 10.5. The number of rotatable bonds is 9. The van der Waals surface area contributed by atoms with Gasteiger partial charge in [0.15, 0.2) is 0 Å². The molecule has 26 heavy (non-hydrogen) atoms. The van der Waals surface area contributed by atoms with Crippen molar-refractivity contribution in [2.24, 2.45) is 11.8 Å². The van der Waals surface area contributed by atoms with Crippen molar-refractivity contribution in [1.29, 1.82) is 0 Å². The fourth-order valence-electron chi connectivity index (χ4n) is 1.97. The Morgan fingerprint density at radius 2 is 1.81 bits per heavy atom. The van der Waals surface area contributed by atoms with Gasteiger partial charge in [-0.25, -0.2) is 8.78 Å². The monoisotopic (exact) mass is 387 g/mol. The second-order valence-corrected chi connectivity index (χ2v) is 8.07. The maximum absolute atomic E-state index is 14.2. The van der Waals surface area contributed by atoms with E-state index >= 15 is 0 Å².